The molecule has 1 amide bonds. The molecule has 0 aromatic heterocycles. The van der Waals surface area contributed by atoms with Crippen LogP contribution in [-0.4, -0.2) is 48.0 Å². The number of aliphatic imine (C=N–C) groups is 1. The molecule has 1 saturated carbocycles. The number of rotatable bonds is 2. The van der Waals surface area contributed by atoms with Crippen molar-refractivity contribution >= 4 is 11.9 Å². The van der Waals surface area contributed by atoms with Crippen LogP contribution in [0.5, 0.6) is 0 Å². The van der Waals surface area contributed by atoms with Crippen molar-refractivity contribution in [2.45, 2.75) is 37.8 Å². The van der Waals surface area contributed by atoms with Crippen molar-refractivity contribution < 1.29 is 4.79 Å². The number of carbonyl (C=O) groups is 1. The van der Waals surface area contributed by atoms with Crippen molar-refractivity contribution in [3.8, 4) is 0 Å². The highest BCUT2D eigenvalue weighted by Crippen LogP contribution is 2.34. The molecular weight excluding hydrogens is 204 g/mol. The summed E-state index contributed by atoms with van der Waals surface area (Å²) >= 11 is 0. The molecule has 88 valence electrons. The zero-order chi connectivity index (χ0) is 11.2. The van der Waals surface area contributed by atoms with Gasteiger partial charge < -0.3 is 5.32 Å². The second-order valence-corrected chi connectivity index (χ2v) is 4.94. The van der Waals surface area contributed by atoms with Gasteiger partial charge in [0.2, 0.25) is 0 Å². The summed E-state index contributed by atoms with van der Waals surface area (Å²) in [6, 6.07) is 0.737. The van der Waals surface area contributed by atoms with E-state index < -0.39 is 5.54 Å². The van der Waals surface area contributed by atoms with Crippen molar-refractivity contribution in [2.24, 2.45) is 4.99 Å². The fraction of sp³-hybridized carbons (Fsp3) is 0.818. The third-order valence-electron chi connectivity index (χ3n) is 3.70. The molecule has 0 bridgehead atoms. The van der Waals surface area contributed by atoms with Gasteiger partial charge in [0, 0.05) is 25.7 Å². The van der Waals surface area contributed by atoms with E-state index >= 15 is 0 Å². The number of likely N-dealkylation sites (tertiary alicyclic amines) is 1. The van der Waals surface area contributed by atoms with Gasteiger partial charge in [-0.2, -0.15) is 0 Å². The topological polar surface area (TPSA) is 56.7 Å². The SMILES string of the molecule is CCN=C1NC(=O)C2(CCN(C3CC3)C2)N1. The maximum absolute atomic E-state index is 12.0. The Bertz CT molecular complexity index is 350. The zero-order valence-corrected chi connectivity index (χ0v) is 9.62. The first-order valence-corrected chi connectivity index (χ1v) is 6.12. The standard InChI is InChI=1S/C11H18N4O/c1-2-12-10-13-9(16)11(14-10)5-6-15(7-11)8-3-4-8/h8H,2-7H2,1H3,(H2,12,13,14,16). The third kappa shape index (κ3) is 1.50. The number of carbonyl (C=O) groups excluding carboxylic acids is 1. The Morgan fingerprint density at radius 1 is 1.56 bits per heavy atom. The van der Waals surface area contributed by atoms with Crippen LogP contribution in [-0.2, 0) is 4.79 Å². The Morgan fingerprint density at radius 3 is 3.06 bits per heavy atom. The predicted octanol–water partition coefficient (Wildman–Crippen LogP) is -0.311. The maximum Gasteiger partial charge on any atom is 0.253 e. The smallest absolute Gasteiger partial charge is 0.253 e. The Morgan fingerprint density at radius 2 is 2.38 bits per heavy atom. The first-order chi connectivity index (χ1) is 7.73. The van der Waals surface area contributed by atoms with E-state index in [1.807, 2.05) is 6.92 Å². The molecule has 1 spiro atoms. The zero-order valence-electron chi connectivity index (χ0n) is 9.62. The lowest BCUT2D eigenvalue weighted by atomic mass is 10.00. The van der Waals surface area contributed by atoms with E-state index in [0.717, 1.165) is 25.6 Å². The van der Waals surface area contributed by atoms with E-state index in [1.54, 1.807) is 0 Å². The van der Waals surface area contributed by atoms with Crippen LogP contribution in [0.15, 0.2) is 4.99 Å². The Kier molecular flexibility index (Phi) is 2.17. The molecule has 2 heterocycles. The summed E-state index contributed by atoms with van der Waals surface area (Å²) in [5.41, 5.74) is -0.392. The second kappa shape index (κ2) is 3.45. The lowest BCUT2D eigenvalue weighted by molar-refractivity contribution is -0.123. The van der Waals surface area contributed by atoms with Crippen molar-refractivity contribution in [3.63, 3.8) is 0 Å². The number of guanidine groups is 1. The summed E-state index contributed by atoms with van der Waals surface area (Å²) in [6.45, 7) is 4.54. The van der Waals surface area contributed by atoms with Crippen LogP contribution in [0.4, 0.5) is 0 Å². The maximum atomic E-state index is 12.0. The molecule has 1 unspecified atom stereocenters. The van der Waals surface area contributed by atoms with Crippen molar-refractivity contribution in [1.29, 1.82) is 0 Å². The average molecular weight is 222 g/mol. The Labute approximate surface area is 95.3 Å². The van der Waals surface area contributed by atoms with E-state index in [9.17, 15) is 4.79 Å². The quantitative estimate of drug-likeness (QED) is 0.674. The first kappa shape index (κ1) is 10.1. The van der Waals surface area contributed by atoms with Crippen LogP contribution >= 0.6 is 0 Å². The second-order valence-electron chi connectivity index (χ2n) is 4.94. The Hall–Kier alpha value is -1.10. The molecule has 16 heavy (non-hydrogen) atoms. The Balaban J connectivity index is 1.74. The van der Waals surface area contributed by atoms with Gasteiger partial charge in [-0.05, 0) is 26.2 Å². The normalized spacial score (nSPS) is 37.1. The number of hydrogen-bond donors (Lipinski definition) is 2. The minimum atomic E-state index is -0.392. The summed E-state index contributed by atoms with van der Waals surface area (Å²) in [7, 11) is 0. The highest BCUT2D eigenvalue weighted by atomic mass is 16.2. The lowest BCUT2D eigenvalue weighted by Gasteiger charge is -2.21. The van der Waals surface area contributed by atoms with Gasteiger partial charge in [0.15, 0.2) is 5.96 Å². The fourth-order valence-corrected chi connectivity index (χ4v) is 2.66. The van der Waals surface area contributed by atoms with E-state index in [4.69, 9.17) is 0 Å². The summed E-state index contributed by atoms with van der Waals surface area (Å²) in [6.07, 6.45) is 3.50. The first-order valence-electron chi connectivity index (χ1n) is 6.12. The molecule has 0 aromatic carbocycles. The van der Waals surface area contributed by atoms with E-state index in [0.29, 0.717) is 12.5 Å². The van der Waals surface area contributed by atoms with E-state index in [-0.39, 0.29) is 5.91 Å². The monoisotopic (exact) mass is 222 g/mol. The molecule has 2 saturated heterocycles. The molecule has 2 aliphatic heterocycles. The molecule has 0 aromatic rings. The van der Waals surface area contributed by atoms with Gasteiger partial charge in [0.1, 0.15) is 5.54 Å². The molecule has 0 radical (unpaired) electrons. The third-order valence-corrected chi connectivity index (χ3v) is 3.70. The van der Waals surface area contributed by atoms with Crippen molar-refractivity contribution in [1.82, 2.24) is 15.5 Å². The molecule has 2 N–H and O–H groups in total. The van der Waals surface area contributed by atoms with E-state index in [2.05, 4.69) is 20.5 Å². The van der Waals surface area contributed by atoms with Gasteiger partial charge in [-0.25, -0.2) is 0 Å². The van der Waals surface area contributed by atoms with Gasteiger partial charge in [-0.1, -0.05) is 0 Å². The molecule has 3 rings (SSSR count). The van der Waals surface area contributed by atoms with Crippen molar-refractivity contribution in [3.05, 3.63) is 0 Å². The van der Waals surface area contributed by atoms with Gasteiger partial charge in [-0.3, -0.25) is 20.0 Å². The van der Waals surface area contributed by atoms with Crippen LogP contribution in [0.2, 0.25) is 0 Å². The molecular formula is C11H18N4O. The molecule has 1 aliphatic carbocycles. The summed E-state index contributed by atoms with van der Waals surface area (Å²) in [5, 5.41) is 6.12. The summed E-state index contributed by atoms with van der Waals surface area (Å²) in [4.78, 5) is 18.7. The summed E-state index contributed by atoms with van der Waals surface area (Å²) < 4.78 is 0. The van der Waals surface area contributed by atoms with E-state index in [1.165, 1.54) is 12.8 Å². The van der Waals surface area contributed by atoms with Crippen LogP contribution in [0.3, 0.4) is 0 Å². The van der Waals surface area contributed by atoms with Gasteiger partial charge in [0.25, 0.3) is 5.91 Å². The summed E-state index contributed by atoms with van der Waals surface area (Å²) in [5.74, 6) is 0.757. The van der Waals surface area contributed by atoms with Crippen molar-refractivity contribution in [2.75, 3.05) is 19.6 Å². The van der Waals surface area contributed by atoms with Crippen LogP contribution in [0.25, 0.3) is 0 Å². The number of hydrogen-bond acceptors (Lipinski definition) is 3. The predicted molar refractivity (Wildman–Crippen MR) is 61.2 cm³/mol. The number of nitrogens with one attached hydrogen (secondary N) is 2. The molecule has 3 fully saturated rings. The van der Waals surface area contributed by atoms with Gasteiger partial charge in [0.05, 0.1) is 0 Å². The fourth-order valence-electron chi connectivity index (χ4n) is 2.66. The molecule has 3 aliphatic rings. The van der Waals surface area contributed by atoms with Crippen LogP contribution in [0, 0.1) is 0 Å². The largest absolute Gasteiger partial charge is 0.341 e. The van der Waals surface area contributed by atoms with Gasteiger partial charge in [-0.15, -0.1) is 0 Å². The number of amides is 1. The highest BCUT2D eigenvalue weighted by molar-refractivity contribution is 6.09. The lowest BCUT2D eigenvalue weighted by Crippen LogP contribution is -2.49. The van der Waals surface area contributed by atoms with Crippen LogP contribution < -0.4 is 10.6 Å². The van der Waals surface area contributed by atoms with Gasteiger partial charge >= 0.3 is 0 Å². The van der Waals surface area contributed by atoms with Crippen LogP contribution in [0.1, 0.15) is 26.2 Å². The number of nitrogens with zero attached hydrogens (tertiary/aromatic N) is 2. The molecule has 5 nitrogen and oxygen atoms in total. The molecule has 5 heteroatoms. The minimum absolute atomic E-state index is 0.0999. The minimum Gasteiger partial charge on any atom is -0.341 e. The average Bonchev–Trinajstić information content (AvgIpc) is 2.95. The highest BCUT2D eigenvalue weighted by Gasteiger charge is 2.51. The molecule has 1 atom stereocenters.